The van der Waals surface area contributed by atoms with E-state index in [1.54, 1.807) is 11.3 Å². The summed E-state index contributed by atoms with van der Waals surface area (Å²) in [5.74, 6) is 0.0724. The molecule has 3 N–H and O–H groups in total. The molecule has 2 rings (SSSR count). The van der Waals surface area contributed by atoms with Gasteiger partial charge in [0.15, 0.2) is 0 Å². The molecule has 0 spiro atoms. The summed E-state index contributed by atoms with van der Waals surface area (Å²) in [4.78, 5) is 11.4. The van der Waals surface area contributed by atoms with E-state index in [0.29, 0.717) is 26.1 Å². The van der Waals surface area contributed by atoms with Crippen LogP contribution in [0.2, 0.25) is 0 Å². The second kappa shape index (κ2) is 8.27. The number of carbonyl (C=O) groups is 1. The minimum Gasteiger partial charge on any atom is -0.391 e. The Balaban J connectivity index is 1.71. The Morgan fingerprint density at radius 1 is 1.27 bits per heavy atom. The average Bonchev–Trinajstić information content (AvgIpc) is 2.96. The number of hydrogen-bond acceptors (Lipinski definition) is 4. The van der Waals surface area contributed by atoms with Crippen molar-refractivity contribution in [1.82, 2.24) is 10.6 Å². The molecule has 22 heavy (non-hydrogen) atoms. The molecule has 4 nitrogen and oxygen atoms in total. The van der Waals surface area contributed by atoms with E-state index in [9.17, 15) is 9.90 Å². The third-order valence-electron chi connectivity index (χ3n) is 3.55. The second-order valence-electron chi connectivity index (χ2n) is 5.76. The van der Waals surface area contributed by atoms with Gasteiger partial charge >= 0.3 is 0 Å². The molecule has 1 aromatic carbocycles. The standard InChI is InChI=1S/C17H24N2O2S/c1-12(2)17(21)19-8-7-18-11-14(20)10-13-4-3-5-16-15(13)6-9-22-16/h3-6,9,12,14,18,20H,7-8,10-11H2,1-2H3,(H,19,21). The normalized spacial score (nSPS) is 12.7. The fourth-order valence-corrected chi connectivity index (χ4v) is 3.14. The molecule has 0 saturated heterocycles. The van der Waals surface area contributed by atoms with E-state index in [1.807, 2.05) is 19.9 Å². The molecule has 1 aromatic heterocycles. The minimum atomic E-state index is -0.425. The van der Waals surface area contributed by atoms with Gasteiger partial charge in [-0.15, -0.1) is 11.3 Å². The Morgan fingerprint density at radius 2 is 2.09 bits per heavy atom. The SMILES string of the molecule is CC(C)C(=O)NCCNCC(O)Cc1cccc2sccc12. The van der Waals surface area contributed by atoms with Crippen LogP contribution < -0.4 is 10.6 Å². The van der Waals surface area contributed by atoms with E-state index in [1.165, 1.54) is 15.6 Å². The molecule has 1 atom stereocenters. The van der Waals surface area contributed by atoms with Crippen LogP contribution in [-0.4, -0.2) is 36.8 Å². The maximum Gasteiger partial charge on any atom is 0.222 e. The van der Waals surface area contributed by atoms with E-state index in [-0.39, 0.29) is 11.8 Å². The summed E-state index contributed by atoms with van der Waals surface area (Å²) in [6, 6.07) is 8.32. The zero-order chi connectivity index (χ0) is 15.9. The molecule has 2 aromatic rings. The molecule has 1 amide bonds. The number of aliphatic hydroxyl groups is 1. The largest absolute Gasteiger partial charge is 0.391 e. The van der Waals surface area contributed by atoms with Gasteiger partial charge in [0.2, 0.25) is 5.91 Å². The summed E-state index contributed by atoms with van der Waals surface area (Å²) in [5.41, 5.74) is 1.18. The fourth-order valence-electron chi connectivity index (χ4n) is 2.31. The first kappa shape index (κ1) is 16.9. The summed E-state index contributed by atoms with van der Waals surface area (Å²) in [6.07, 6.45) is 0.214. The van der Waals surface area contributed by atoms with Crippen LogP contribution in [-0.2, 0) is 11.2 Å². The Bertz CT molecular complexity index is 609. The van der Waals surface area contributed by atoms with Crippen molar-refractivity contribution < 1.29 is 9.90 Å². The summed E-state index contributed by atoms with van der Waals surface area (Å²) in [7, 11) is 0. The monoisotopic (exact) mass is 320 g/mol. The Morgan fingerprint density at radius 3 is 2.86 bits per heavy atom. The lowest BCUT2D eigenvalue weighted by Gasteiger charge is -2.13. The van der Waals surface area contributed by atoms with E-state index in [0.717, 1.165) is 0 Å². The Kier molecular flexibility index (Phi) is 6.36. The van der Waals surface area contributed by atoms with Crippen molar-refractivity contribution in [1.29, 1.82) is 0 Å². The topological polar surface area (TPSA) is 61.4 Å². The number of rotatable bonds is 8. The maximum atomic E-state index is 11.4. The van der Waals surface area contributed by atoms with Crippen LogP contribution >= 0.6 is 11.3 Å². The molecule has 0 aliphatic rings. The van der Waals surface area contributed by atoms with Gasteiger partial charge in [-0.2, -0.15) is 0 Å². The number of nitrogens with one attached hydrogen (secondary N) is 2. The number of hydrogen-bond donors (Lipinski definition) is 3. The quantitative estimate of drug-likeness (QED) is 0.653. The maximum absolute atomic E-state index is 11.4. The lowest BCUT2D eigenvalue weighted by molar-refractivity contribution is -0.123. The highest BCUT2D eigenvalue weighted by Gasteiger charge is 2.09. The third kappa shape index (κ3) is 4.80. The molecule has 120 valence electrons. The molecule has 0 aliphatic heterocycles. The van der Waals surface area contributed by atoms with Crippen LogP contribution in [0.5, 0.6) is 0 Å². The van der Waals surface area contributed by atoms with Gasteiger partial charge in [-0.3, -0.25) is 4.79 Å². The van der Waals surface area contributed by atoms with E-state index >= 15 is 0 Å². The van der Waals surface area contributed by atoms with Crippen molar-refractivity contribution in [2.24, 2.45) is 5.92 Å². The minimum absolute atomic E-state index is 0.0108. The number of amides is 1. The molecule has 0 fully saturated rings. The third-order valence-corrected chi connectivity index (χ3v) is 4.43. The number of benzene rings is 1. The van der Waals surface area contributed by atoms with E-state index in [4.69, 9.17) is 0 Å². The zero-order valence-corrected chi connectivity index (χ0v) is 14.0. The van der Waals surface area contributed by atoms with Crippen molar-refractivity contribution in [2.45, 2.75) is 26.4 Å². The predicted octanol–water partition coefficient (Wildman–Crippen LogP) is 2.17. The van der Waals surface area contributed by atoms with Crippen molar-refractivity contribution in [3.05, 3.63) is 35.2 Å². The molecular weight excluding hydrogens is 296 g/mol. The van der Waals surface area contributed by atoms with Crippen molar-refractivity contribution in [2.75, 3.05) is 19.6 Å². The molecule has 0 radical (unpaired) electrons. The van der Waals surface area contributed by atoms with Crippen LogP contribution in [0.1, 0.15) is 19.4 Å². The highest BCUT2D eigenvalue weighted by Crippen LogP contribution is 2.24. The van der Waals surface area contributed by atoms with Gasteiger partial charge in [-0.1, -0.05) is 26.0 Å². The number of thiophene rings is 1. The highest BCUT2D eigenvalue weighted by molar-refractivity contribution is 7.17. The molecular formula is C17H24N2O2S. The van der Waals surface area contributed by atoms with Crippen LogP contribution in [0.25, 0.3) is 10.1 Å². The van der Waals surface area contributed by atoms with Crippen molar-refractivity contribution >= 4 is 27.3 Å². The van der Waals surface area contributed by atoms with Crippen LogP contribution in [0, 0.1) is 5.92 Å². The predicted molar refractivity (Wildman–Crippen MR) is 92.3 cm³/mol. The summed E-state index contributed by atoms with van der Waals surface area (Å²) >= 11 is 1.72. The van der Waals surface area contributed by atoms with Crippen molar-refractivity contribution in [3.63, 3.8) is 0 Å². The van der Waals surface area contributed by atoms with Gasteiger partial charge in [0.1, 0.15) is 0 Å². The van der Waals surface area contributed by atoms with Crippen molar-refractivity contribution in [3.8, 4) is 0 Å². The van der Waals surface area contributed by atoms with E-state index < -0.39 is 6.10 Å². The summed E-state index contributed by atoms with van der Waals surface area (Å²) < 4.78 is 1.26. The van der Waals surface area contributed by atoms with Gasteiger partial charge in [0.05, 0.1) is 6.10 Å². The Labute approximate surface area is 135 Å². The van der Waals surface area contributed by atoms with Gasteiger partial charge in [-0.05, 0) is 28.5 Å². The Hall–Kier alpha value is -1.43. The van der Waals surface area contributed by atoms with Gasteiger partial charge in [0, 0.05) is 36.7 Å². The lowest BCUT2D eigenvalue weighted by Crippen LogP contribution is -2.37. The van der Waals surface area contributed by atoms with Crippen LogP contribution in [0.15, 0.2) is 29.6 Å². The second-order valence-corrected chi connectivity index (χ2v) is 6.71. The highest BCUT2D eigenvalue weighted by atomic mass is 32.1. The fraction of sp³-hybridized carbons (Fsp3) is 0.471. The lowest BCUT2D eigenvalue weighted by atomic mass is 10.0. The first-order valence-corrected chi connectivity index (χ1v) is 8.57. The number of carbonyl (C=O) groups excluding carboxylic acids is 1. The van der Waals surface area contributed by atoms with Crippen LogP contribution in [0.4, 0.5) is 0 Å². The molecule has 0 bridgehead atoms. The first-order valence-electron chi connectivity index (χ1n) is 7.69. The van der Waals surface area contributed by atoms with Crippen LogP contribution in [0.3, 0.4) is 0 Å². The average molecular weight is 320 g/mol. The molecule has 5 heteroatoms. The number of fused-ring (bicyclic) bond motifs is 1. The smallest absolute Gasteiger partial charge is 0.222 e. The van der Waals surface area contributed by atoms with Gasteiger partial charge in [0.25, 0.3) is 0 Å². The first-order chi connectivity index (χ1) is 10.6. The molecule has 0 saturated carbocycles. The zero-order valence-electron chi connectivity index (χ0n) is 13.1. The summed E-state index contributed by atoms with van der Waals surface area (Å²) in [5, 5.41) is 19.5. The molecule has 1 unspecified atom stereocenters. The van der Waals surface area contributed by atoms with Gasteiger partial charge in [-0.25, -0.2) is 0 Å². The molecule has 0 aliphatic carbocycles. The summed E-state index contributed by atoms with van der Waals surface area (Å²) in [6.45, 7) is 5.52. The molecule has 1 heterocycles. The number of aliphatic hydroxyl groups excluding tert-OH is 1. The van der Waals surface area contributed by atoms with Gasteiger partial charge < -0.3 is 15.7 Å². The van der Waals surface area contributed by atoms with E-state index in [2.05, 4.69) is 34.2 Å².